The van der Waals surface area contributed by atoms with Crippen molar-refractivity contribution >= 4 is 19.0 Å². The summed E-state index contributed by atoms with van der Waals surface area (Å²) in [5.74, 6) is -1.70. The van der Waals surface area contributed by atoms with Crippen LogP contribution in [0.25, 0.3) is 0 Å². The SMILES string of the molecule is CC(=O)N(C1CNCCN1)C1Cc2cccc(C(=O)O)c2OB1O. The average Bonchev–Trinajstić information content (AvgIpc) is 2.55. The number of carboxylic acids is 1. The normalized spacial score (nSPS) is 23.2. The van der Waals surface area contributed by atoms with Crippen LogP contribution in [0.5, 0.6) is 5.75 Å². The number of amides is 1. The number of benzene rings is 1. The quantitative estimate of drug-likeness (QED) is 0.529. The van der Waals surface area contributed by atoms with Gasteiger partial charge >= 0.3 is 13.1 Å². The van der Waals surface area contributed by atoms with Crippen LogP contribution in [0.1, 0.15) is 22.8 Å². The lowest BCUT2D eigenvalue weighted by Gasteiger charge is -2.42. The number of rotatable bonds is 3. The Bertz CT molecular complexity index is 650. The monoisotopic (exact) mass is 333 g/mol. The van der Waals surface area contributed by atoms with Gasteiger partial charge in [0.2, 0.25) is 5.91 Å². The molecule has 1 saturated heterocycles. The molecule has 2 aliphatic rings. The molecule has 1 fully saturated rings. The molecule has 8 nitrogen and oxygen atoms in total. The molecule has 2 aliphatic heterocycles. The molecule has 0 radical (unpaired) electrons. The number of hydrogen-bond acceptors (Lipinski definition) is 6. The average molecular weight is 333 g/mol. The van der Waals surface area contributed by atoms with Crippen molar-refractivity contribution in [3.8, 4) is 5.75 Å². The number of hydrogen-bond donors (Lipinski definition) is 4. The molecule has 128 valence electrons. The van der Waals surface area contributed by atoms with Crippen LogP contribution in [-0.2, 0) is 11.2 Å². The first kappa shape index (κ1) is 16.8. The maximum Gasteiger partial charge on any atom is 0.547 e. The van der Waals surface area contributed by atoms with Gasteiger partial charge in [-0.15, -0.1) is 0 Å². The number of carbonyl (C=O) groups excluding carboxylic acids is 1. The first-order valence-electron chi connectivity index (χ1n) is 7.92. The van der Waals surface area contributed by atoms with Crippen molar-refractivity contribution in [3.63, 3.8) is 0 Å². The first-order chi connectivity index (χ1) is 11.5. The summed E-state index contributed by atoms with van der Waals surface area (Å²) in [7, 11) is -1.29. The molecule has 1 aromatic rings. The number of nitrogens with zero attached hydrogens (tertiary/aromatic N) is 1. The third kappa shape index (κ3) is 3.10. The zero-order chi connectivity index (χ0) is 17.3. The van der Waals surface area contributed by atoms with Crippen LogP contribution in [-0.4, -0.2) is 65.8 Å². The van der Waals surface area contributed by atoms with Crippen LogP contribution in [0.15, 0.2) is 18.2 Å². The molecule has 9 heteroatoms. The minimum atomic E-state index is -1.29. The van der Waals surface area contributed by atoms with Crippen LogP contribution < -0.4 is 15.3 Å². The Morgan fingerprint density at radius 1 is 1.38 bits per heavy atom. The molecule has 4 N–H and O–H groups in total. The van der Waals surface area contributed by atoms with E-state index in [9.17, 15) is 19.7 Å². The van der Waals surface area contributed by atoms with Crippen molar-refractivity contribution in [2.75, 3.05) is 19.6 Å². The third-order valence-corrected chi connectivity index (χ3v) is 4.40. The second kappa shape index (κ2) is 6.80. The van der Waals surface area contributed by atoms with Gasteiger partial charge < -0.3 is 25.0 Å². The van der Waals surface area contributed by atoms with Crippen molar-refractivity contribution < 1.29 is 24.4 Å². The Balaban J connectivity index is 1.90. The van der Waals surface area contributed by atoms with Gasteiger partial charge in [-0.25, -0.2) is 4.79 Å². The summed E-state index contributed by atoms with van der Waals surface area (Å²) in [6.07, 6.45) is 0.0822. The summed E-state index contributed by atoms with van der Waals surface area (Å²) >= 11 is 0. The molecular formula is C15H20BN3O5. The number of nitrogens with one attached hydrogen (secondary N) is 2. The summed E-state index contributed by atoms with van der Waals surface area (Å²) in [6.45, 7) is 3.56. The fourth-order valence-electron chi connectivity index (χ4n) is 3.33. The van der Waals surface area contributed by atoms with Gasteiger partial charge in [-0.2, -0.15) is 0 Å². The smallest absolute Gasteiger partial charge is 0.534 e. The number of fused-ring (bicyclic) bond motifs is 1. The van der Waals surface area contributed by atoms with Crippen molar-refractivity contribution in [1.29, 1.82) is 0 Å². The van der Waals surface area contributed by atoms with E-state index in [1.807, 2.05) is 0 Å². The highest BCUT2D eigenvalue weighted by molar-refractivity contribution is 6.47. The second-order valence-corrected chi connectivity index (χ2v) is 5.98. The highest BCUT2D eigenvalue weighted by Gasteiger charge is 2.43. The molecule has 1 amide bonds. The highest BCUT2D eigenvalue weighted by atomic mass is 16.5. The lowest BCUT2D eigenvalue weighted by Crippen LogP contribution is -2.65. The Morgan fingerprint density at radius 3 is 2.79 bits per heavy atom. The second-order valence-electron chi connectivity index (χ2n) is 5.98. The van der Waals surface area contributed by atoms with E-state index in [4.69, 9.17) is 4.65 Å². The fourth-order valence-corrected chi connectivity index (χ4v) is 3.33. The predicted molar refractivity (Wildman–Crippen MR) is 86.7 cm³/mol. The van der Waals surface area contributed by atoms with Gasteiger partial charge in [0.25, 0.3) is 0 Å². The van der Waals surface area contributed by atoms with Gasteiger partial charge in [-0.1, -0.05) is 12.1 Å². The summed E-state index contributed by atoms with van der Waals surface area (Å²) in [5, 5.41) is 26.1. The molecule has 2 heterocycles. The van der Waals surface area contributed by atoms with Gasteiger partial charge in [0.05, 0.1) is 17.7 Å². The first-order valence-corrected chi connectivity index (χ1v) is 7.92. The number of carbonyl (C=O) groups is 2. The van der Waals surface area contributed by atoms with E-state index in [-0.39, 0.29) is 23.4 Å². The van der Waals surface area contributed by atoms with E-state index >= 15 is 0 Å². The summed E-state index contributed by atoms with van der Waals surface area (Å²) < 4.78 is 5.49. The van der Waals surface area contributed by atoms with Gasteiger partial charge in [-0.05, 0) is 18.1 Å². The third-order valence-electron chi connectivity index (χ3n) is 4.40. The fraction of sp³-hybridized carbons (Fsp3) is 0.467. The largest absolute Gasteiger partial charge is 0.547 e. The minimum absolute atomic E-state index is 0.0110. The van der Waals surface area contributed by atoms with E-state index in [0.29, 0.717) is 18.5 Å². The summed E-state index contributed by atoms with van der Waals surface area (Å²) in [6, 6.07) is 4.83. The lowest BCUT2D eigenvalue weighted by atomic mass is 9.71. The predicted octanol–water partition coefficient (Wildman–Crippen LogP) is -0.925. The van der Waals surface area contributed by atoms with Gasteiger partial charge in [0.1, 0.15) is 5.75 Å². The Hall–Kier alpha value is -2.10. The molecule has 0 bridgehead atoms. The van der Waals surface area contributed by atoms with E-state index < -0.39 is 19.0 Å². The maximum atomic E-state index is 12.2. The zero-order valence-electron chi connectivity index (χ0n) is 13.4. The van der Waals surface area contributed by atoms with Crippen molar-refractivity contribution in [2.24, 2.45) is 0 Å². The van der Waals surface area contributed by atoms with E-state index in [2.05, 4.69) is 10.6 Å². The van der Waals surface area contributed by atoms with E-state index in [1.54, 1.807) is 17.0 Å². The molecule has 2 unspecified atom stereocenters. The van der Waals surface area contributed by atoms with Crippen molar-refractivity contribution in [3.05, 3.63) is 29.3 Å². The van der Waals surface area contributed by atoms with Gasteiger partial charge in [-0.3, -0.25) is 10.1 Å². The Morgan fingerprint density at radius 2 is 2.17 bits per heavy atom. The lowest BCUT2D eigenvalue weighted by molar-refractivity contribution is -0.133. The van der Waals surface area contributed by atoms with E-state index in [0.717, 1.165) is 13.1 Å². The molecular weight excluding hydrogens is 313 g/mol. The molecule has 3 rings (SSSR count). The number of para-hydroxylation sites is 1. The summed E-state index contributed by atoms with van der Waals surface area (Å²) in [4.78, 5) is 25.1. The van der Waals surface area contributed by atoms with Crippen molar-refractivity contribution in [1.82, 2.24) is 15.5 Å². The Kier molecular flexibility index (Phi) is 4.75. The van der Waals surface area contributed by atoms with Crippen LogP contribution >= 0.6 is 0 Å². The number of aromatic carboxylic acids is 1. The zero-order valence-corrected chi connectivity index (χ0v) is 13.4. The molecule has 0 saturated carbocycles. The van der Waals surface area contributed by atoms with Gasteiger partial charge in [0, 0.05) is 26.6 Å². The standard InChI is InChI=1S/C15H20BN3O5/c1-9(20)19(13-8-17-5-6-18-13)12-7-10-3-2-4-11(15(21)22)14(10)24-16(12)23/h2-4,12-13,17-18,23H,5-8H2,1H3,(H,21,22). The molecule has 24 heavy (non-hydrogen) atoms. The van der Waals surface area contributed by atoms with E-state index in [1.165, 1.54) is 13.0 Å². The topological polar surface area (TPSA) is 111 Å². The van der Waals surface area contributed by atoms with Crippen LogP contribution in [0, 0.1) is 0 Å². The molecule has 0 spiro atoms. The van der Waals surface area contributed by atoms with Gasteiger partial charge in [0.15, 0.2) is 0 Å². The molecule has 2 atom stereocenters. The molecule has 0 aliphatic carbocycles. The molecule has 0 aromatic heterocycles. The summed E-state index contributed by atoms with van der Waals surface area (Å²) in [5.41, 5.74) is 0.678. The maximum absolute atomic E-state index is 12.2. The van der Waals surface area contributed by atoms with Crippen LogP contribution in [0.3, 0.4) is 0 Å². The number of carboxylic acid groups (broad SMARTS) is 1. The van der Waals surface area contributed by atoms with Crippen LogP contribution in [0.2, 0.25) is 0 Å². The minimum Gasteiger partial charge on any atom is -0.534 e. The van der Waals surface area contributed by atoms with Crippen LogP contribution in [0.4, 0.5) is 0 Å². The highest BCUT2D eigenvalue weighted by Crippen LogP contribution is 2.32. The molecule has 1 aromatic carbocycles. The van der Waals surface area contributed by atoms with Crippen molar-refractivity contribution in [2.45, 2.75) is 25.5 Å². The number of piperazine rings is 1. The Labute approximate surface area is 139 Å².